The quantitative estimate of drug-likeness (QED) is 0.599. The standard InChI is InChI=1S/C12H16N2O4/c1-3-9(6-12(15)16)13-11-7-10(14(17)18)5-4-8(11)2/h4-5,7,9,13H,3,6H2,1-2H3,(H,15,16). The molecule has 0 amide bonds. The lowest BCUT2D eigenvalue weighted by Crippen LogP contribution is -2.22. The van der Waals surface area contributed by atoms with Crippen LogP contribution < -0.4 is 5.32 Å². The van der Waals surface area contributed by atoms with Crippen molar-refractivity contribution in [3.8, 4) is 0 Å². The number of nitrogens with zero attached hydrogens (tertiary/aromatic N) is 1. The first kappa shape index (κ1) is 14.0. The minimum Gasteiger partial charge on any atom is -0.481 e. The van der Waals surface area contributed by atoms with Crippen LogP contribution in [0, 0.1) is 17.0 Å². The van der Waals surface area contributed by atoms with Gasteiger partial charge in [-0.3, -0.25) is 14.9 Å². The minimum atomic E-state index is -0.891. The molecule has 0 bridgehead atoms. The molecule has 0 aliphatic carbocycles. The number of aryl methyl sites for hydroxylation is 1. The number of nitro benzene ring substituents is 1. The average Bonchev–Trinajstić information content (AvgIpc) is 2.29. The summed E-state index contributed by atoms with van der Waals surface area (Å²) in [5.74, 6) is -0.891. The Labute approximate surface area is 105 Å². The van der Waals surface area contributed by atoms with E-state index in [9.17, 15) is 14.9 Å². The first-order chi connectivity index (χ1) is 8.43. The Bertz CT molecular complexity index is 459. The number of nitrogens with one attached hydrogen (secondary N) is 1. The van der Waals surface area contributed by atoms with Gasteiger partial charge in [0.15, 0.2) is 0 Å². The van der Waals surface area contributed by atoms with E-state index >= 15 is 0 Å². The molecular weight excluding hydrogens is 236 g/mol. The fourth-order valence-corrected chi connectivity index (χ4v) is 1.61. The van der Waals surface area contributed by atoms with Crippen LogP contribution in [0.15, 0.2) is 18.2 Å². The summed E-state index contributed by atoms with van der Waals surface area (Å²) in [5.41, 5.74) is 1.45. The van der Waals surface area contributed by atoms with Crippen molar-refractivity contribution in [2.45, 2.75) is 32.7 Å². The molecule has 0 aliphatic rings. The van der Waals surface area contributed by atoms with Crippen LogP contribution in [0.1, 0.15) is 25.3 Å². The number of non-ortho nitro benzene ring substituents is 1. The van der Waals surface area contributed by atoms with Crippen molar-refractivity contribution >= 4 is 17.3 Å². The van der Waals surface area contributed by atoms with Gasteiger partial charge in [0.1, 0.15) is 0 Å². The van der Waals surface area contributed by atoms with Gasteiger partial charge in [-0.05, 0) is 18.9 Å². The number of carboxylic acids is 1. The van der Waals surface area contributed by atoms with Gasteiger partial charge in [0.2, 0.25) is 0 Å². The van der Waals surface area contributed by atoms with E-state index in [4.69, 9.17) is 5.11 Å². The van der Waals surface area contributed by atoms with E-state index in [-0.39, 0.29) is 18.2 Å². The number of carboxylic acid groups (broad SMARTS) is 1. The van der Waals surface area contributed by atoms with Crippen LogP contribution in [-0.4, -0.2) is 22.0 Å². The summed E-state index contributed by atoms with van der Waals surface area (Å²) in [7, 11) is 0. The molecule has 1 rings (SSSR count). The van der Waals surface area contributed by atoms with Gasteiger partial charge in [0.25, 0.3) is 5.69 Å². The van der Waals surface area contributed by atoms with Gasteiger partial charge in [0.05, 0.1) is 11.3 Å². The summed E-state index contributed by atoms with van der Waals surface area (Å²) in [5, 5.41) is 22.5. The zero-order chi connectivity index (χ0) is 13.7. The molecule has 0 spiro atoms. The normalized spacial score (nSPS) is 11.9. The Morgan fingerprint density at radius 2 is 2.22 bits per heavy atom. The Morgan fingerprint density at radius 3 is 2.72 bits per heavy atom. The topological polar surface area (TPSA) is 92.5 Å². The summed E-state index contributed by atoms with van der Waals surface area (Å²) >= 11 is 0. The average molecular weight is 252 g/mol. The van der Waals surface area contributed by atoms with Crippen LogP contribution >= 0.6 is 0 Å². The van der Waals surface area contributed by atoms with Gasteiger partial charge in [-0.25, -0.2) is 0 Å². The number of aliphatic carboxylic acids is 1. The smallest absolute Gasteiger partial charge is 0.305 e. The molecular formula is C12H16N2O4. The number of rotatable bonds is 6. The first-order valence-electron chi connectivity index (χ1n) is 5.67. The molecule has 0 fully saturated rings. The van der Waals surface area contributed by atoms with E-state index in [2.05, 4.69) is 5.32 Å². The molecule has 18 heavy (non-hydrogen) atoms. The molecule has 6 nitrogen and oxygen atoms in total. The lowest BCUT2D eigenvalue weighted by Gasteiger charge is -2.17. The second kappa shape index (κ2) is 6.00. The fraction of sp³-hybridized carbons (Fsp3) is 0.417. The molecule has 98 valence electrons. The van der Waals surface area contributed by atoms with E-state index in [0.29, 0.717) is 12.1 Å². The molecule has 1 aromatic carbocycles. The van der Waals surface area contributed by atoms with E-state index in [1.807, 2.05) is 13.8 Å². The molecule has 2 N–H and O–H groups in total. The number of hydrogen-bond acceptors (Lipinski definition) is 4. The van der Waals surface area contributed by atoms with Crippen molar-refractivity contribution in [3.05, 3.63) is 33.9 Å². The Balaban J connectivity index is 2.90. The van der Waals surface area contributed by atoms with Gasteiger partial charge in [0, 0.05) is 23.9 Å². The molecule has 6 heteroatoms. The Kier molecular flexibility index (Phi) is 4.65. The number of anilines is 1. The van der Waals surface area contributed by atoms with Crippen molar-refractivity contribution in [1.29, 1.82) is 0 Å². The van der Waals surface area contributed by atoms with Crippen LogP contribution in [0.5, 0.6) is 0 Å². The second-order valence-corrected chi connectivity index (χ2v) is 4.10. The third-order valence-corrected chi connectivity index (χ3v) is 2.71. The lowest BCUT2D eigenvalue weighted by atomic mass is 10.1. The highest BCUT2D eigenvalue weighted by Crippen LogP contribution is 2.23. The molecule has 1 aromatic rings. The molecule has 0 saturated carbocycles. The van der Waals surface area contributed by atoms with Gasteiger partial charge in [-0.1, -0.05) is 13.0 Å². The SMILES string of the molecule is CCC(CC(=O)O)Nc1cc([N+](=O)[O-])ccc1C. The number of benzene rings is 1. The van der Waals surface area contributed by atoms with Crippen molar-refractivity contribution in [2.75, 3.05) is 5.32 Å². The molecule has 0 radical (unpaired) electrons. The molecule has 0 aliphatic heterocycles. The van der Waals surface area contributed by atoms with Crippen LogP contribution in [0.4, 0.5) is 11.4 Å². The number of nitro groups is 1. The van der Waals surface area contributed by atoms with Crippen molar-refractivity contribution in [1.82, 2.24) is 0 Å². The summed E-state index contributed by atoms with van der Waals surface area (Å²) in [6.07, 6.45) is 0.618. The third kappa shape index (κ3) is 3.73. The van der Waals surface area contributed by atoms with E-state index < -0.39 is 10.9 Å². The fourth-order valence-electron chi connectivity index (χ4n) is 1.61. The second-order valence-electron chi connectivity index (χ2n) is 4.10. The maximum atomic E-state index is 10.7. The molecule has 1 atom stereocenters. The monoisotopic (exact) mass is 252 g/mol. The summed E-state index contributed by atoms with van der Waals surface area (Å²) in [6.45, 7) is 3.69. The summed E-state index contributed by atoms with van der Waals surface area (Å²) in [4.78, 5) is 20.9. The highest BCUT2D eigenvalue weighted by Gasteiger charge is 2.14. The maximum Gasteiger partial charge on any atom is 0.305 e. The van der Waals surface area contributed by atoms with Crippen molar-refractivity contribution in [3.63, 3.8) is 0 Å². The maximum absolute atomic E-state index is 10.7. The van der Waals surface area contributed by atoms with E-state index in [1.165, 1.54) is 12.1 Å². The summed E-state index contributed by atoms with van der Waals surface area (Å²) in [6, 6.07) is 4.27. The van der Waals surface area contributed by atoms with Gasteiger partial charge in [-0.15, -0.1) is 0 Å². The lowest BCUT2D eigenvalue weighted by molar-refractivity contribution is -0.384. The van der Waals surface area contributed by atoms with Crippen molar-refractivity contribution < 1.29 is 14.8 Å². The van der Waals surface area contributed by atoms with Crippen LogP contribution in [0.3, 0.4) is 0 Å². The third-order valence-electron chi connectivity index (χ3n) is 2.71. The number of hydrogen-bond donors (Lipinski definition) is 2. The molecule has 0 aromatic heterocycles. The van der Waals surface area contributed by atoms with E-state index in [1.54, 1.807) is 6.07 Å². The van der Waals surface area contributed by atoms with Crippen LogP contribution in [0.2, 0.25) is 0 Å². The molecule has 0 saturated heterocycles. The predicted molar refractivity (Wildman–Crippen MR) is 67.8 cm³/mol. The highest BCUT2D eigenvalue weighted by molar-refractivity contribution is 5.68. The molecule has 1 unspecified atom stereocenters. The van der Waals surface area contributed by atoms with Gasteiger partial charge < -0.3 is 10.4 Å². The Hall–Kier alpha value is -2.11. The van der Waals surface area contributed by atoms with Crippen molar-refractivity contribution in [2.24, 2.45) is 0 Å². The van der Waals surface area contributed by atoms with Crippen LogP contribution in [-0.2, 0) is 4.79 Å². The number of carbonyl (C=O) groups is 1. The summed E-state index contributed by atoms with van der Waals surface area (Å²) < 4.78 is 0. The minimum absolute atomic E-state index is 0.00622. The Morgan fingerprint density at radius 1 is 1.56 bits per heavy atom. The van der Waals surface area contributed by atoms with Gasteiger partial charge in [-0.2, -0.15) is 0 Å². The largest absolute Gasteiger partial charge is 0.481 e. The van der Waals surface area contributed by atoms with E-state index in [0.717, 1.165) is 5.56 Å². The zero-order valence-electron chi connectivity index (χ0n) is 10.3. The predicted octanol–water partition coefficient (Wildman–Crippen LogP) is 2.57. The molecule has 0 heterocycles. The first-order valence-corrected chi connectivity index (χ1v) is 5.67. The van der Waals surface area contributed by atoms with Gasteiger partial charge >= 0.3 is 5.97 Å². The van der Waals surface area contributed by atoms with Crippen LogP contribution in [0.25, 0.3) is 0 Å². The highest BCUT2D eigenvalue weighted by atomic mass is 16.6. The zero-order valence-corrected chi connectivity index (χ0v) is 10.3.